The Morgan fingerprint density at radius 2 is 1.79 bits per heavy atom. The number of halogens is 2. The van der Waals surface area contributed by atoms with E-state index >= 15 is 0 Å². The Morgan fingerprint density at radius 1 is 1.29 bits per heavy atom. The molecular weight excluding hydrogens is 221 g/mol. The largest absolute Gasteiger partial charge is 0.505 e. The van der Waals surface area contributed by atoms with Gasteiger partial charge in [0.15, 0.2) is 5.75 Å². The number of aromatic hydroxyl groups is 1. The highest BCUT2D eigenvalue weighted by Gasteiger charge is 2.30. The Kier molecular flexibility index (Phi) is 2.60. The summed E-state index contributed by atoms with van der Waals surface area (Å²) >= 11 is 11.6. The van der Waals surface area contributed by atoms with Crippen molar-refractivity contribution in [2.24, 2.45) is 11.7 Å². The minimum atomic E-state index is -0.0694. The van der Waals surface area contributed by atoms with Crippen molar-refractivity contribution in [2.75, 3.05) is 0 Å². The van der Waals surface area contributed by atoms with Gasteiger partial charge < -0.3 is 10.8 Å². The molecule has 1 atom stereocenters. The fourth-order valence-electron chi connectivity index (χ4n) is 1.51. The van der Waals surface area contributed by atoms with Crippen LogP contribution < -0.4 is 5.73 Å². The van der Waals surface area contributed by atoms with Gasteiger partial charge in [0.05, 0.1) is 10.0 Å². The molecule has 4 heteroatoms. The normalized spacial score (nSPS) is 18.2. The molecule has 0 radical (unpaired) electrons. The highest BCUT2D eigenvalue weighted by Crippen LogP contribution is 2.42. The lowest BCUT2D eigenvalue weighted by Gasteiger charge is -2.12. The lowest BCUT2D eigenvalue weighted by molar-refractivity contribution is 0.475. The predicted molar refractivity (Wildman–Crippen MR) is 57.8 cm³/mol. The van der Waals surface area contributed by atoms with Crippen LogP contribution in [-0.2, 0) is 0 Å². The van der Waals surface area contributed by atoms with E-state index in [1.165, 1.54) is 0 Å². The van der Waals surface area contributed by atoms with E-state index in [4.69, 9.17) is 28.9 Å². The summed E-state index contributed by atoms with van der Waals surface area (Å²) in [7, 11) is 0. The molecule has 14 heavy (non-hydrogen) atoms. The molecule has 1 saturated carbocycles. The van der Waals surface area contributed by atoms with Crippen molar-refractivity contribution in [3.63, 3.8) is 0 Å². The number of phenols is 1. The zero-order valence-corrected chi connectivity index (χ0v) is 9.02. The molecule has 0 aromatic heterocycles. The topological polar surface area (TPSA) is 46.2 Å². The van der Waals surface area contributed by atoms with Crippen LogP contribution in [0.2, 0.25) is 10.0 Å². The highest BCUT2D eigenvalue weighted by atomic mass is 35.5. The second-order valence-corrected chi connectivity index (χ2v) is 4.51. The number of nitrogens with two attached hydrogens (primary N) is 1. The van der Waals surface area contributed by atoms with Crippen molar-refractivity contribution >= 4 is 23.2 Å². The van der Waals surface area contributed by atoms with Gasteiger partial charge in [0.25, 0.3) is 0 Å². The minimum Gasteiger partial charge on any atom is -0.505 e. The molecule has 0 amide bonds. The van der Waals surface area contributed by atoms with Gasteiger partial charge in [0.1, 0.15) is 0 Å². The first kappa shape index (κ1) is 10.1. The molecule has 1 aliphatic rings. The molecule has 0 spiro atoms. The molecule has 1 aliphatic carbocycles. The van der Waals surface area contributed by atoms with Crippen molar-refractivity contribution in [2.45, 2.75) is 18.9 Å². The van der Waals surface area contributed by atoms with Gasteiger partial charge in [-0.3, -0.25) is 0 Å². The molecule has 1 aromatic carbocycles. The van der Waals surface area contributed by atoms with E-state index in [1.807, 2.05) is 0 Å². The first-order chi connectivity index (χ1) is 6.59. The van der Waals surface area contributed by atoms with Crippen molar-refractivity contribution in [1.82, 2.24) is 0 Å². The van der Waals surface area contributed by atoms with Crippen LogP contribution in [0, 0.1) is 5.92 Å². The van der Waals surface area contributed by atoms with E-state index in [0.29, 0.717) is 5.92 Å². The Labute approximate surface area is 92.6 Å². The summed E-state index contributed by atoms with van der Waals surface area (Å²) in [6, 6.07) is 3.36. The number of hydrogen-bond donors (Lipinski definition) is 2. The van der Waals surface area contributed by atoms with Gasteiger partial charge in [0, 0.05) is 6.04 Å². The molecule has 2 nitrogen and oxygen atoms in total. The molecule has 1 fully saturated rings. The minimum absolute atomic E-state index is 0.00870. The summed E-state index contributed by atoms with van der Waals surface area (Å²) in [6.45, 7) is 0. The molecule has 76 valence electrons. The summed E-state index contributed by atoms with van der Waals surface area (Å²) in [5.74, 6) is 0.478. The van der Waals surface area contributed by atoms with Crippen LogP contribution in [0.5, 0.6) is 5.75 Å². The molecule has 2 rings (SSSR count). The molecule has 0 unspecified atom stereocenters. The maximum Gasteiger partial charge on any atom is 0.152 e. The maximum atomic E-state index is 9.36. The Hall–Kier alpha value is -0.440. The summed E-state index contributed by atoms with van der Waals surface area (Å²) < 4.78 is 0. The first-order valence-electron chi connectivity index (χ1n) is 4.53. The fourth-order valence-corrected chi connectivity index (χ4v) is 2.01. The van der Waals surface area contributed by atoms with E-state index in [1.54, 1.807) is 12.1 Å². The third kappa shape index (κ3) is 1.83. The maximum absolute atomic E-state index is 9.36. The Balaban J connectivity index is 2.34. The van der Waals surface area contributed by atoms with Crippen LogP contribution >= 0.6 is 23.2 Å². The first-order valence-corrected chi connectivity index (χ1v) is 5.28. The van der Waals surface area contributed by atoms with Crippen molar-refractivity contribution in [3.05, 3.63) is 27.7 Å². The molecule has 0 heterocycles. The van der Waals surface area contributed by atoms with Crippen LogP contribution in [0.1, 0.15) is 24.4 Å². The standard InChI is InChI=1S/C10H11Cl2NO/c11-7-3-6(4-8(12)10(7)14)9(13)5-1-2-5/h3-5,9,14H,1-2,13H2/t9-/m1/s1. The van der Waals surface area contributed by atoms with E-state index in [9.17, 15) is 5.11 Å². The Morgan fingerprint density at radius 3 is 2.21 bits per heavy atom. The van der Waals surface area contributed by atoms with Crippen LogP contribution in [0.4, 0.5) is 0 Å². The summed E-state index contributed by atoms with van der Waals surface area (Å²) in [5, 5.41) is 9.90. The number of benzene rings is 1. The van der Waals surface area contributed by atoms with Crippen molar-refractivity contribution in [1.29, 1.82) is 0 Å². The smallest absolute Gasteiger partial charge is 0.152 e. The molecular formula is C10H11Cl2NO. The lowest BCUT2D eigenvalue weighted by atomic mass is 10.0. The number of rotatable bonds is 2. The zero-order chi connectivity index (χ0) is 10.3. The van der Waals surface area contributed by atoms with E-state index in [0.717, 1.165) is 18.4 Å². The van der Waals surface area contributed by atoms with E-state index in [-0.39, 0.29) is 21.8 Å². The number of hydrogen-bond acceptors (Lipinski definition) is 2. The molecule has 3 N–H and O–H groups in total. The third-order valence-corrected chi connectivity index (χ3v) is 3.13. The molecule has 0 bridgehead atoms. The van der Waals surface area contributed by atoms with Crippen LogP contribution in [-0.4, -0.2) is 5.11 Å². The average Bonchev–Trinajstić information content (AvgIpc) is 2.95. The van der Waals surface area contributed by atoms with Gasteiger partial charge in [-0.15, -0.1) is 0 Å². The van der Waals surface area contributed by atoms with Gasteiger partial charge in [-0.1, -0.05) is 23.2 Å². The summed E-state index contributed by atoms with van der Waals surface area (Å²) in [6.07, 6.45) is 2.33. The SMILES string of the molecule is N[C@@H](c1cc(Cl)c(O)c(Cl)c1)C1CC1. The monoisotopic (exact) mass is 231 g/mol. The fraction of sp³-hybridized carbons (Fsp3) is 0.400. The van der Waals surface area contributed by atoms with Crippen LogP contribution in [0.25, 0.3) is 0 Å². The van der Waals surface area contributed by atoms with Gasteiger partial charge in [-0.25, -0.2) is 0 Å². The highest BCUT2D eigenvalue weighted by molar-refractivity contribution is 6.37. The second-order valence-electron chi connectivity index (χ2n) is 3.70. The van der Waals surface area contributed by atoms with E-state index in [2.05, 4.69) is 0 Å². The third-order valence-electron chi connectivity index (χ3n) is 2.55. The van der Waals surface area contributed by atoms with Crippen molar-refractivity contribution in [3.8, 4) is 5.75 Å². The van der Waals surface area contributed by atoms with Gasteiger partial charge in [0.2, 0.25) is 0 Å². The molecule has 1 aromatic rings. The van der Waals surface area contributed by atoms with Gasteiger partial charge >= 0.3 is 0 Å². The van der Waals surface area contributed by atoms with Gasteiger partial charge in [-0.05, 0) is 36.5 Å². The number of phenolic OH excluding ortho intramolecular Hbond substituents is 1. The zero-order valence-electron chi connectivity index (χ0n) is 7.50. The quantitative estimate of drug-likeness (QED) is 0.822. The average molecular weight is 232 g/mol. The van der Waals surface area contributed by atoms with Crippen LogP contribution in [0.15, 0.2) is 12.1 Å². The molecule has 0 aliphatic heterocycles. The van der Waals surface area contributed by atoms with Crippen LogP contribution in [0.3, 0.4) is 0 Å². The lowest BCUT2D eigenvalue weighted by Crippen LogP contribution is -2.12. The van der Waals surface area contributed by atoms with Gasteiger partial charge in [-0.2, -0.15) is 0 Å². The van der Waals surface area contributed by atoms with E-state index < -0.39 is 0 Å². The van der Waals surface area contributed by atoms with Crippen molar-refractivity contribution < 1.29 is 5.11 Å². The predicted octanol–water partition coefficient (Wildman–Crippen LogP) is 3.11. The summed E-state index contributed by atoms with van der Waals surface area (Å²) in [4.78, 5) is 0. The molecule has 0 saturated heterocycles. The second kappa shape index (κ2) is 3.61. The summed E-state index contributed by atoms with van der Waals surface area (Å²) in [5.41, 5.74) is 6.89. The Bertz CT molecular complexity index is 340.